The Bertz CT molecular complexity index is 246. The number of carbonyl (C=O) groups excluding carboxylic acids is 1. The summed E-state index contributed by atoms with van der Waals surface area (Å²) in [6, 6.07) is 0. The summed E-state index contributed by atoms with van der Waals surface area (Å²) in [5, 5.41) is 0. The molecule has 3 heteroatoms. The van der Waals surface area contributed by atoms with Gasteiger partial charge in [-0.25, -0.2) is 5.48 Å². The fourth-order valence-corrected chi connectivity index (χ4v) is 2.16. The third kappa shape index (κ3) is 1.84. The maximum absolute atomic E-state index is 11.4. The summed E-state index contributed by atoms with van der Waals surface area (Å²) in [7, 11) is 0. The van der Waals surface area contributed by atoms with Crippen molar-refractivity contribution >= 4 is 5.91 Å². The van der Waals surface area contributed by atoms with Crippen LogP contribution in [0.15, 0.2) is 0 Å². The van der Waals surface area contributed by atoms with Gasteiger partial charge in [0.05, 0.1) is 0 Å². The molecule has 2 unspecified atom stereocenters. The molecule has 2 aliphatic carbocycles. The van der Waals surface area contributed by atoms with Gasteiger partial charge in [-0.2, -0.15) is 0 Å². The van der Waals surface area contributed by atoms with E-state index in [0.717, 1.165) is 24.7 Å². The second kappa shape index (κ2) is 3.39. The van der Waals surface area contributed by atoms with Crippen molar-refractivity contribution < 1.29 is 9.63 Å². The molecule has 70 valence electrons. The molecule has 2 saturated carbocycles. The Balaban J connectivity index is 1.69. The molecule has 0 aromatic carbocycles. The summed E-state index contributed by atoms with van der Waals surface area (Å²) in [5.74, 6) is 4.11. The van der Waals surface area contributed by atoms with E-state index in [1.54, 1.807) is 0 Å². The first-order valence-electron chi connectivity index (χ1n) is 4.66. The molecule has 13 heavy (non-hydrogen) atoms. The van der Waals surface area contributed by atoms with Gasteiger partial charge in [0, 0.05) is 5.92 Å². The SMILES string of the molecule is C#CCONC(=O)C1CC2CC2C1. The Labute approximate surface area is 77.8 Å². The van der Waals surface area contributed by atoms with Crippen LogP contribution in [-0.4, -0.2) is 12.5 Å². The van der Waals surface area contributed by atoms with Gasteiger partial charge < -0.3 is 0 Å². The fourth-order valence-electron chi connectivity index (χ4n) is 2.16. The second-order valence-corrected chi connectivity index (χ2v) is 3.88. The zero-order valence-electron chi connectivity index (χ0n) is 7.45. The molecule has 2 fully saturated rings. The average molecular weight is 179 g/mol. The summed E-state index contributed by atoms with van der Waals surface area (Å²) in [6.45, 7) is 0.144. The third-order valence-corrected chi connectivity index (χ3v) is 2.94. The molecule has 1 amide bonds. The lowest BCUT2D eigenvalue weighted by atomic mass is 10.0. The van der Waals surface area contributed by atoms with E-state index in [-0.39, 0.29) is 18.4 Å². The van der Waals surface area contributed by atoms with Gasteiger partial charge in [-0.05, 0) is 31.1 Å². The number of hydrogen-bond donors (Lipinski definition) is 1. The predicted octanol–water partition coefficient (Wildman–Crippen LogP) is 0.714. The summed E-state index contributed by atoms with van der Waals surface area (Å²) in [4.78, 5) is 16.2. The maximum Gasteiger partial charge on any atom is 0.246 e. The Morgan fingerprint density at radius 1 is 1.46 bits per heavy atom. The van der Waals surface area contributed by atoms with Gasteiger partial charge in [0.1, 0.15) is 6.61 Å². The van der Waals surface area contributed by atoms with Crippen LogP contribution in [0.5, 0.6) is 0 Å². The van der Waals surface area contributed by atoms with Crippen molar-refractivity contribution in [1.82, 2.24) is 5.48 Å². The summed E-state index contributed by atoms with van der Waals surface area (Å²) in [6.07, 6.45) is 8.37. The van der Waals surface area contributed by atoms with Crippen LogP contribution < -0.4 is 5.48 Å². The van der Waals surface area contributed by atoms with E-state index in [4.69, 9.17) is 11.3 Å². The van der Waals surface area contributed by atoms with Gasteiger partial charge in [-0.1, -0.05) is 5.92 Å². The van der Waals surface area contributed by atoms with Gasteiger partial charge in [0.2, 0.25) is 5.91 Å². The number of terminal acetylenes is 1. The highest BCUT2D eigenvalue weighted by atomic mass is 16.6. The predicted molar refractivity (Wildman–Crippen MR) is 47.2 cm³/mol. The zero-order valence-corrected chi connectivity index (χ0v) is 7.45. The van der Waals surface area contributed by atoms with Crippen LogP contribution in [0.4, 0.5) is 0 Å². The molecule has 0 aliphatic heterocycles. The van der Waals surface area contributed by atoms with Crippen molar-refractivity contribution in [2.24, 2.45) is 17.8 Å². The molecule has 0 bridgehead atoms. The highest BCUT2D eigenvalue weighted by Crippen LogP contribution is 2.54. The van der Waals surface area contributed by atoms with E-state index in [9.17, 15) is 4.79 Å². The van der Waals surface area contributed by atoms with Gasteiger partial charge in [0.15, 0.2) is 0 Å². The number of fused-ring (bicyclic) bond motifs is 1. The Morgan fingerprint density at radius 2 is 2.15 bits per heavy atom. The van der Waals surface area contributed by atoms with Crippen LogP contribution in [0.25, 0.3) is 0 Å². The number of hydroxylamine groups is 1. The molecule has 0 radical (unpaired) electrons. The van der Waals surface area contributed by atoms with Crippen LogP contribution in [-0.2, 0) is 9.63 Å². The molecule has 0 aromatic rings. The molecule has 3 nitrogen and oxygen atoms in total. The normalized spacial score (nSPS) is 34.8. The Kier molecular flexibility index (Phi) is 2.24. The van der Waals surface area contributed by atoms with Gasteiger partial charge >= 0.3 is 0 Å². The van der Waals surface area contributed by atoms with Crippen molar-refractivity contribution in [3.63, 3.8) is 0 Å². The molecule has 0 heterocycles. The minimum absolute atomic E-state index is 0.00227. The highest BCUT2D eigenvalue weighted by Gasteiger charge is 2.48. The molecule has 2 rings (SSSR count). The van der Waals surface area contributed by atoms with Gasteiger partial charge in [0.25, 0.3) is 0 Å². The molecular weight excluding hydrogens is 166 g/mol. The van der Waals surface area contributed by atoms with Crippen molar-refractivity contribution in [3.05, 3.63) is 0 Å². The second-order valence-electron chi connectivity index (χ2n) is 3.88. The minimum atomic E-state index is 0.00227. The quantitative estimate of drug-likeness (QED) is 0.394. The van der Waals surface area contributed by atoms with Crippen molar-refractivity contribution in [3.8, 4) is 12.3 Å². The van der Waals surface area contributed by atoms with E-state index in [1.807, 2.05) is 0 Å². The fraction of sp³-hybridized carbons (Fsp3) is 0.700. The number of carbonyl (C=O) groups is 1. The number of amides is 1. The highest BCUT2D eigenvalue weighted by molar-refractivity contribution is 5.78. The smallest absolute Gasteiger partial charge is 0.246 e. The first-order valence-corrected chi connectivity index (χ1v) is 4.66. The Morgan fingerprint density at radius 3 is 2.77 bits per heavy atom. The third-order valence-electron chi connectivity index (χ3n) is 2.94. The van der Waals surface area contributed by atoms with Crippen molar-refractivity contribution in [2.45, 2.75) is 19.3 Å². The zero-order chi connectivity index (χ0) is 9.26. The summed E-state index contributed by atoms with van der Waals surface area (Å²) >= 11 is 0. The number of rotatable bonds is 3. The van der Waals surface area contributed by atoms with E-state index in [0.29, 0.717) is 0 Å². The standard InChI is InChI=1S/C10H13NO2/c1-2-3-13-11-10(12)9-5-7-4-8(7)6-9/h1,7-9H,3-6H2,(H,11,12). The van der Waals surface area contributed by atoms with Gasteiger partial charge in [-0.3, -0.25) is 9.63 Å². The van der Waals surface area contributed by atoms with Crippen LogP contribution in [0.3, 0.4) is 0 Å². The van der Waals surface area contributed by atoms with Crippen LogP contribution in [0, 0.1) is 30.1 Å². The van der Waals surface area contributed by atoms with Crippen LogP contribution >= 0.6 is 0 Å². The van der Waals surface area contributed by atoms with Crippen LogP contribution in [0.1, 0.15) is 19.3 Å². The number of hydrogen-bond acceptors (Lipinski definition) is 2. The lowest BCUT2D eigenvalue weighted by molar-refractivity contribution is -0.136. The molecule has 0 spiro atoms. The molecular formula is C10H13NO2. The topological polar surface area (TPSA) is 38.3 Å². The maximum atomic E-state index is 11.4. The van der Waals surface area contributed by atoms with Gasteiger partial charge in [-0.15, -0.1) is 6.42 Å². The van der Waals surface area contributed by atoms with Crippen molar-refractivity contribution in [2.75, 3.05) is 6.61 Å². The first-order chi connectivity index (χ1) is 6.31. The lowest BCUT2D eigenvalue weighted by Crippen LogP contribution is -2.30. The summed E-state index contributed by atoms with van der Waals surface area (Å²) in [5.41, 5.74) is 2.39. The molecule has 0 saturated heterocycles. The monoisotopic (exact) mass is 179 g/mol. The lowest BCUT2D eigenvalue weighted by Gasteiger charge is -2.10. The molecule has 0 aromatic heterocycles. The largest absolute Gasteiger partial charge is 0.272 e. The van der Waals surface area contributed by atoms with E-state index < -0.39 is 0 Å². The molecule has 2 atom stereocenters. The van der Waals surface area contributed by atoms with Crippen LogP contribution in [0.2, 0.25) is 0 Å². The number of nitrogens with one attached hydrogen (secondary N) is 1. The van der Waals surface area contributed by atoms with Crippen molar-refractivity contribution in [1.29, 1.82) is 0 Å². The molecule has 2 aliphatic rings. The molecule has 1 N–H and O–H groups in total. The first kappa shape index (κ1) is 8.58. The van der Waals surface area contributed by atoms with E-state index >= 15 is 0 Å². The average Bonchev–Trinajstić information content (AvgIpc) is 2.74. The minimum Gasteiger partial charge on any atom is -0.272 e. The van der Waals surface area contributed by atoms with E-state index in [1.165, 1.54) is 6.42 Å². The Hall–Kier alpha value is -1.01. The summed E-state index contributed by atoms with van der Waals surface area (Å²) < 4.78 is 0. The van der Waals surface area contributed by atoms with E-state index in [2.05, 4.69) is 11.4 Å².